The number of nitrogens with zero attached hydrogens (tertiary/aromatic N) is 5. The zero-order chi connectivity index (χ0) is 21.7. The quantitative estimate of drug-likeness (QED) is 0.696. The molecule has 2 N–H and O–H groups in total. The smallest absolute Gasteiger partial charge is 0.238 e. The Bertz CT molecular complexity index is 1060. The number of aryl methyl sites for hydroxylation is 2. The number of anilines is 2. The van der Waals surface area contributed by atoms with Crippen LogP contribution >= 0.6 is 0 Å². The normalized spacial score (nSPS) is 23.9. The van der Waals surface area contributed by atoms with Crippen molar-refractivity contribution in [2.75, 3.05) is 35.9 Å². The van der Waals surface area contributed by atoms with Crippen LogP contribution in [0.15, 0.2) is 11.1 Å². The molecule has 0 unspecified atom stereocenters. The van der Waals surface area contributed by atoms with Gasteiger partial charge in [0.25, 0.3) is 0 Å². The van der Waals surface area contributed by atoms with E-state index in [9.17, 15) is 9.32 Å². The molecule has 1 saturated carbocycles. The number of fused-ring (bicyclic) bond motifs is 2. The van der Waals surface area contributed by atoms with Crippen LogP contribution in [0.3, 0.4) is 0 Å². The lowest BCUT2D eigenvalue weighted by Gasteiger charge is -2.41. The summed E-state index contributed by atoms with van der Waals surface area (Å²) in [4.78, 5) is 21.6. The highest BCUT2D eigenvalue weighted by atomic mass is 32.2. The van der Waals surface area contributed by atoms with Crippen LogP contribution in [0, 0.1) is 0 Å². The van der Waals surface area contributed by atoms with Gasteiger partial charge in [-0.2, -0.15) is 9.97 Å². The molecule has 1 saturated heterocycles. The predicted molar refractivity (Wildman–Crippen MR) is 119 cm³/mol. The molecule has 0 spiro atoms. The number of hydrogen-bond acceptors (Lipinski definition) is 9. The zero-order valence-corrected chi connectivity index (χ0v) is 18.9. The van der Waals surface area contributed by atoms with E-state index in [4.69, 9.17) is 14.7 Å². The number of aliphatic hydroxyl groups excluding tert-OH is 1. The molecular weight excluding hydrogens is 428 g/mol. The standard InChI is InChI=1S/C22H28N6O3S/c29-12-22(7-2-8-22)27-19-17-20(31-13-32(17)30)26-21(25-19)28-9-5-14(6-10-28)18-23-11-15-3-1-4-16(15)24-18/h11,14,29H,1-10,12-13H2,(H,25,26,27)/t32-/m0/s1. The molecule has 1 atom stereocenters. The Morgan fingerprint density at radius 2 is 2.03 bits per heavy atom. The van der Waals surface area contributed by atoms with Crippen LogP contribution in [0.25, 0.3) is 0 Å². The van der Waals surface area contributed by atoms with Crippen molar-refractivity contribution in [3.05, 3.63) is 23.3 Å². The van der Waals surface area contributed by atoms with Gasteiger partial charge < -0.3 is 20.1 Å². The van der Waals surface area contributed by atoms with E-state index in [1.165, 1.54) is 17.7 Å². The maximum absolute atomic E-state index is 12.5. The summed E-state index contributed by atoms with van der Waals surface area (Å²) < 4.78 is 18.1. The number of aromatic nitrogens is 4. The van der Waals surface area contributed by atoms with Crippen LogP contribution in [0.4, 0.5) is 11.8 Å². The molecule has 10 heteroatoms. The van der Waals surface area contributed by atoms with Crippen LogP contribution < -0.4 is 15.0 Å². The van der Waals surface area contributed by atoms with Gasteiger partial charge in [-0.1, -0.05) is 0 Å². The van der Waals surface area contributed by atoms with Gasteiger partial charge in [0, 0.05) is 30.9 Å². The van der Waals surface area contributed by atoms with Crippen molar-refractivity contribution in [1.82, 2.24) is 19.9 Å². The van der Waals surface area contributed by atoms with Crippen LogP contribution in [-0.2, 0) is 23.6 Å². The number of hydrogen-bond donors (Lipinski definition) is 2. The molecule has 0 bridgehead atoms. The average Bonchev–Trinajstić information content (AvgIpc) is 3.42. The summed E-state index contributed by atoms with van der Waals surface area (Å²) in [5.41, 5.74) is 2.15. The second kappa shape index (κ2) is 7.91. The third-order valence-corrected chi connectivity index (χ3v) is 8.48. The molecule has 2 aromatic rings. The summed E-state index contributed by atoms with van der Waals surface area (Å²) in [6.45, 7) is 1.63. The number of piperidine rings is 1. The van der Waals surface area contributed by atoms with E-state index in [0.29, 0.717) is 28.5 Å². The summed E-state index contributed by atoms with van der Waals surface area (Å²) in [6.07, 6.45) is 10.1. The first-order chi connectivity index (χ1) is 15.6. The molecule has 6 rings (SSSR count). The highest BCUT2D eigenvalue weighted by Crippen LogP contribution is 2.40. The maximum atomic E-state index is 12.5. The van der Waals surface area contributed by atoms with Gasteiger partial charge in [0.2, 0.25) is 11.8 Å². The monoisotopic (exact) mass is 456 g/mol. The highest BCUT2D eigenvalue weighted by molar-refractivity contribution is 7.85. The Hall–Kier alpha value is -2.33. The first kappa shape index (κ1) is 20.3. The molecule has 170 valence electrons. The number of aliphatic hydroxyl groups is 1. The van der Waals surface area contributed by atoms with Crippen LogP contribution in [0.2, 0.25) is 0 Å². The highest BCUT2D eigenvalue weighted by Gasteiger charge is 2.39. The molecular formula is C22H28N6O3S. The van der Waals surface area contributed by atoms with E-state index in [-0.39, 0.29) is 18.1 Å². The van der Waals surface area contributed by atoms with Crippen molar-refractivity contribution in [2.24, 2.45) is 0 Å². The predicted octanol–water partition coefficient (Wildman–Crippen LogP) is 1.92. The van der Waals surface area contributed by atoms with E-state index in [1.807, 2.05) is 6.20 Å². The van der Waals surface area contributed by atoms with Gasteiger partial charge in [-0.25, -0.2) is 9.97 Å². The van der Waals surface area contributed by atoms with Gasteiger partial charge >= 0.3 is 0 Å². The van der Waals surface area contributed by atoms with E-state index in [0.717, 1.165) is 63.9 Å². The Morgan fingerprint density at radius 1 is 1.19 bits per heavy atom. The minimum atomic E-state index is -1.29. The molecule has 0 amide bonds. The number of ether oxygens (including phenoxy) is 1. The lowest BCUT2D eigenvalue weighted by molar-refractivity contribution is 0.143. The summed E-state index contributed by atoms with van der Waals surface area (Å²) in [5.74, 6) is 2.94. The molecule has 0 radical (unpaired) electrons. The first-order valence-electron chi connectivity index (χ1n) is 11.6. The van der Waals surface area contributed by atoms with Crippen LogP contribution in [0.1, 0.15) is 61.5 Å². The minimum absolute atomic E-state index is 0.0285. The van der Waals surface area contributed by atoms with Crippen molar-refractivity contribution in [3.8, 4) is 5.88 Å². The second-order valence-electron chi connectivity index (χ2n) is 9.35. The fourth-order valence-electron chi connectivity index (χ4n) is 5.16. The van der Waals surface area contributed by atoms with Gasteiger partial charge in [-0.15, -0.1) is 0 Å². The largest absolute Gasteiger partial charge is 0.463 e. The van der Waals surface area contributed by atoms with Gasteiger partial charge in [0.1, 0.15) is 21.5 Å². The maximum Gasteiger partial charge on any atom is 0.238 e. The lowest BCUT2D eigenvalue weighted by Crippen LogP contribution is -2.48. The fourth-order valence-corrected chi connectivity index (χ4v) is 6.11. The van der Waals surface area contributed by atoms with Crippen molar-refractivity contribution in [2.45, 2.75) is 67.7 Å². The van der Waals surface area contributed by atoms with E-state index >= 15 is 0 Å². The second-order valence-corrected chi connectivity index (χ2v) is 10.7. The van der Waals surface area contributed by atoms with Crippen molar-refractivity contribution >= 4 is 22.6 Å². The van der Waals surface area contributed by atoms with Crippen molar-refractivity contribution < 1.29 is 14.1 Å². The van der Waals surface area contributed by atoms with E-state index in [1.54, 1.807) is 0 Å². The molecule has 4 aliphatic rings. The Labute approximate surface area is 189 Å². The van der Waals surface area contributed by atoms with Crippen LogP contribution in [-0.4, -0.2) is 60.4 Å². The number of nitrogens with one attached hydrogen (secondary N) is 1. The minimum Gasteiger partial charge on any atom is -0.463 e. The van der Waals surface area contributed by atoms with Crippen LogP contribution in [0.5, 0.6) is 5.88 Å². The Balaban J connectivity index is 1.22. The van der Waals surface area contributed by atoms with Gasteiger partial charge in [-0.05, 0) is 56.9 Å². The summed E-state index contributed by atoms with van der Waals surface area (Å²) in [6, 6.07) is 0. The first-order valence-corrected chi connectivity index (χ1v) is 12.9. The third kappa shape index (κ3) is 3.44. The van der Waals surface area contributed by atoms with Gasteiger partial charge in [-0.3, -0.25) is 4.21 Å². The van der Waals surface area contributed by atoms with Crippen molar-refractivity contribution in [3.63, 3.8) is 0 Å². The average molecular weight is 457 g/mol. The topological polar surface area (TPSA) is 113 Å². The van der Waals surface area contributed by atoms with Gasteiger partial charge in [0.15, 0.2) is 11.8 Å². The Kier molecular flexibility index (Phi) is 5.02. The molecule has 4 heterocycles. The van der Waals surface area contributed by atoms with Crippen molar-refractivity contribution in [1.29, 1.82) is 0 Å². The molecule has 2 aliphatic carbocycles. The fraction of sp³-hybridized carbons (Fsp3) is 0.636. The number of rotatable bonds is 5. The molecule has 0 aromatic carbocycles. The molecule has 9 nitrogen and oxygen atoms in total. The molecule has 32 heavy (non-hydrogen) atoms. The van der Waals surface area contributed by atoms with Gasteiger partial charge in [0.05, 0.1) is 12.1 Å². The summed E-state index contributed by atoms with van der Waals surface area (Å²) in [5, 5.41) is 13.3. The molecule has 2 fully saturated rings. The Morgan fingerprint density at radius 3 is 2.78 bits per heavy atom. The summed E-state index contributed by atoms with van der Waals surface area (Å²) in [7, 11) is -1.29. The SMILES string of the molecule is O=[S@]1COc2nc(N3CCC(c4ncc5c(n4)CCC5)CC3)nc(NC3(CO)CCC3)c21. The lowest BCUT2D eigenvalue weighted by atomic mass is 9.77. The molecule has 2 aromatic heterocycles. The third-order valence-electron chi connectivity index (χ3n) is 7.33. The molecule has 2 aliphatic heterocycles. The zero-order valence-electron chi connectivity index (χ0n) is 18.0. The van der Waals surface area contributed by atoms with E-state index in [2.05, 4.69) is 20.2 Å². The summed E-state index contributed by atoms with van der Waals surface area (Å²) >= 11 is 0. The van der Waals surface area contributed by atoms with E-state index < -0.39 is 10.8 Å².